The molecule has 0 unspecified atom stereocenters. The van der Waals surface area contributed by atoms with E-state index in [0.717, 1.165) is 18.5 Å². The number of pyridine rings is 1. The second kappa shape index (κ2) is 8.91. The number of aliphatic imine (C=N–C) groups is 1. The van der Waals surface area contributed by atoms with Crippen molar-refractivity contribution in [2.45, 2.75) is 39.2 Å². The zero-order chi connectivity index (χ0) is 17.4. The lowest BCUT2D eigenvalue weighted by atomic mass is 10.0. The SMILES string of the molecule is CC(C)c1cccc(NC(N)=NCCCCn2ccccc2=O)c1. The highest BCUT2D eigenvalue weighted by Gasteiger charge is 2.01. The van der Waals surface area contributed by atoms with E-state index in [1.54, 1.807) is 16.7 Å². The van der Waals surface area contributed by atoms with E-state index in [-0.39, 0.29) is 5.56 Å². The van der Waals surface area contributed by atoms with Crippen molar-refractivity contribution in [3.8, 4) is 0 Å². The topological polar surface area (TPSA) is 72.4 Å². The monoisotopic (exact) mass is 326 g/mol. The van der Waals surface area contributed by atoms with Crippen LogP contribution >= 0.6 is 0 Å². The molecule has 0 saturated heterocycles. The smallest absolute Gasteiger partial charge is 0.250 e. The van der Waals surface area contributed by atoms with Crippen LogP contribution in [0, 0.1) is 0 Å². The maximum absolute atomic E-state index is 11.6. The van der Waals surface area contributed by atoms with Gasteiger partial charge in [0.1, 0.15) is 0 Å². The fourth-order valence-electron chi connectivity index (χ4n) is 2.40. The molecule has 0 amide bonds. The van der Waals surface area contributed by atoms with Gasteiger partial charge in [-0.05, 0) is 42.5 Å². The maximum atomic E-state index is 11.6. The first kappa shape index (κ1) is 17.8. The lowest BCUT2D eigenvalue weighted by molar-refractivity contribution is 0.599. The zero-order valence-corrected chi connectivity index (χ0v) is 14.4. The molecule has 0 spiro atoms. The summed E-state index contributed by atoms with van der Waals surface area (Å²) in [5, 5.41) is 3.13. The average Bonchev–Trinajstić information content (AvgIpc) is 2.56. The third-order valence-corrected chi connectivity index (χ3v) is 3.81. The van der Waals surface area contributed by atoms with Crippen molar-refractivity contribution < 1.29 is 0 Å². The van der Waals surface area contributed by atoms with E-state index in [1.165, 1.54) is 5.56 Å². The molecule has 2 rings (SSSR count). The predicted octanol–water partition coefficient (Wildman–Crippen LogP) is 3.18. The van der Waals surface area contributed by atoms with Crippen molar-refractivity contribution in [2.24, 2.45) is 10.7 Å². The van der Waals surface area contributed by atoms with E-state index in [9.17, 15) is 4.79 Å². The summed E-state index contributed by atoms with van der Waals surface area (Å²) in [4.78, 5) is 15.9. The third-order valence-electron chi connectivity index (χ3n) is 3.81. The number of aryl methyl sites for hydroxylation is 1. The molecule has 3 N–H and O–H groups in total. The van der Waals surface area contributed by atoms with E-state index in [2.05, 4.69) is 36.3 Å². The molecule has 0 aliphatic carbocycles. The Morgan fingerprint density at radius 3 is 2.79 bits per heavy atom. The Hall–Kier alpha value is -2.56. The van der Waals surface area contributed by atoms with E-state index >= 15 is 0 Å². The van der Waals surface area contributed by atoms with Gasteiger partial charge in [-0.15, -0.1) is 0 Å². The summed E-state index contributed by atoms with van der Waals surface area (Å²) in [6.07, 6.45) is 3.59. The van der Waals surface area contributed by atoms with Crippen LogP contribution in [0.25, 0.3) is 0 Å². The molecular weight excluding hydrogens is 300 g/mol. The quantitative estimate of drug-likeness (QED) is 0.466. The summed E-state index contributed by atoms with van der Waals surface area (Å²) in [7, 11) is 0. The van der Waals surface area contributed by atoms with Gasteiger partial charge in [0.2, 0.25) is 5.56 Å². The summed E-state index contributed by atoms with van der Waals surface area (Å²) in [6, 6.07) is 13.4. The summed E-state index contributed by atoms with van der Waals surface area (Å²) in [5.41, 5.74) is 8.19. The Morgan fingerprint density at radius 1 is 1.21 bits per heavy atom. The molecule has 1 heterocycles. The van der Waals surface area contributed by atoms with Gasteiger partial charge in [-0.3, -0.25) is 9.79 Å². The molecular formula is C19H26N4O. The van der Waals surface area contributed by atoms with Crippen LogP contribution in [0.15, 0.2) is 58.4 Å². The summed E-state index contributed by atoms with van der Waals surface area (Å²) >= 11 is 0. The molecule has 0 aliphatic heterocycles. The molecule has 0 aliphatic rings. The van der Waals surface area contributed by atoms with Crippen LogP contribution < -0.4 is 16.6 Å². The van der Waals surface area contributed by atoms with E-state index in [4.69, 9.17) is 5.73 Å². The summed E-state index contributed by atoms with van der Waals surface area (Å²) in [5.74, 6) is 0.902. The lowest BCUT2D eigenvalue weighted by Crippen LogP contribution is -2.23. The van der Waals surface area contributed by atoms with Gasteiger partial charge in [-0.25, -0.2) is 0 Å². The largest absolute Gasteiger partial charge is 0.370 e. The van der Waals surface area contributed by atoms with Crippen molar-refractivity contribution in [3.63, 3.8) is 0 Å². The van der Waals surface area contributed by atoms with Crippen LogP contribution in [0.1, 0.15) is 38.2 Å². The highest BCUT2D eigenvalue weighted by Crippen LogP contribution is 2.18. The minimum absolute atomic E-state index is 0.0345. The van der Waals surface area contributed by atoms with Crippen LogP contribution in [-0.2, 0) is 6.54 Å². The van der Waals surface area contributed by atoms with Crippen LogP contribution in [0.5, 0.6) is 0 Å². The standard InChI is InChI=1S/C19H26N4O/c1-15(2)16-8-7-9-17(14-16)22-19(20)21-11-4-6-13-23-12-5-3-10-18(23)24/h3,5,7-10,12,14-15H,4,6,11,13H2,1-2H3,(H3,20,21,22). The van der Waals surface area contributed by atoms with Crippen molar-refractivity contribution in [1.29, 1.82) is 0 Å². The van der Waals surface area contributed by atoms with Gasteiger partial charge >= 0.3 is 0 Å². The number of unbranched alkanes of at least 4 members (excludes halogenated alkanes) is 1. The first-order valence-electron chi connectivity index (χ1n) is 8.38. The molecule has 0 radical (unpaired) electrons. The van der Waals surface area contributed by atoms with Crippen LogP contribution in [0.4, 0.5) is 5.69 Å². The zero-order valence-electron chi connectivity index (χ0n) is 14.4. The third kappa shape index (κ3) is 5.57. The maximum Gasteiger partial charge on any atom is 0.250 e. The normalized spacial score (nSPS) is 11.7. The van der Waals surface area contributed by atoms with Crippen LogP contribution in [-0.4, -0.2) is 17.1 Å². The number of aromatic nitrogens is 1. The number of nitrogens with zero attached hydrogens (tertiary/aromatic N) is 2. The van der Waals surface area contributed by atoms with Crippen molar-refractivity contribution in [1.82, 2.24) is 4.57 Å². The van der Waals surface area contributed by atoms with Gasteiger partial charge in [0, 0.05) is 31.0 Å². The molecule has 0 saturated carbocycles. The average molecular weight is 326 g/mol. The van der Waals surface area contributed by atoms with Crippen LogP contribution in [0.3, 0.4) is 0 Å². The van der Waals surface area contributed by atoms with Gasteiger partial charge in [0.25, 0.3) is 0 Å². The minimum Gasteiger partial charge on any atom is -0.370 e. The Labute approximate surface area is 143 Å². The Morgan fingerprint density at radius 2 is 2.04 bits per heavy atom. The molecule has 1 aromatic heterocycles. The number of rotatable bonds is 7. The number of nitrogens with one attached hydrogen (secondary N) is 1. The van der Waals surface area contributed by atoms with Gasteiger partial charge in [0.05, 0.1) is 0 Å². The Balaban J connectivity index is 1.77. The number of guanidine groups is 1. The van der Waals surface area contributed by atoms with Crippen molar-refractivity contribution in [2.75, 3.05) is 11.9 Å². The lowest BCUT2D eigenvalue weighted by Gasteiger charge is -2.10. The number of hydrogen-bond acceptors (Lipinski definition) is 2. The Bertz CT molecular complexity index is 734. The van der Waals surface area contributed by atoms with Gasteiger partial charge < -0.3 is 15.6 Å². The fourth-order valence-corrected chi connectivity index (χ4v) is 2.40. The van der Waals surface area contributed by atoms with Crippen molar-refractivity contribution in [3.05, 3.63) is 64.6 Å². The molecule has 5 heteroatoms. The number of benzene rings is 1. The highest BCUT2D eigenvalue weighted by atomic mass is 16.1. The summed E-state index contributed by atoms with van der Waals surface area (Å²) < 4.78 is 1.71. The first-order chi connectivity index (χ1) is 11.6. The molecule has 0 fully saturated rings. The van der Waals surface area contributed by atoms with E-state index in [1.807, 2.05) is 24.4 Å². The summed E-state index contributed by atoms with van der Waals surface area (Å²) in [6.45, 7) is 5.67. The molecule has 128 valence electrons. The van der Waals surface area contributed by atoms with E-state index in [0.29, 0.717) is 25.0 Å². The van der Waals surface area contributed by atoms with Gasteiger partial charge in [0.15, 0.2) is 5.96 Å². The predicted molar refractivity (Wildman–Crippen MR) is 101 cm³/mol. The number of nitrogens with two attached hydrogens (primary N) is 1. The minimum atomic E-state index is 0.0345. The fraction of sp³-hybridized carbons (Fsp3) is 0.368. The van der Waals surface area contributed by atoms with Crippen molar-refractivity contribution >= 4 is 11.6 Å². The second-order valence-electron chi connectivity index (χ2n) is 6.11. The molecule has 5 nitrogen and oxygen atoms in total. The highest BCUT2D eigenvalue weighted by molar-refractivity contribution is 5.92. The molecule has 24 heavy (non-hydrogen) atoms. The molecule has 0 bridgehead atoms. The van der Waals surface area contributed by atoms with Crippen LogP contribution in [0.2, 0.25) is 0 Å². The first-order valence-corrected chi connectivity index (χ1v) is 8.38. The van der Waals surface area contributed by atoms with Gasteiger partial charge in [-0.2, -0.15) is 0 Å². The van der Waals surface area contributed by atoms with Gasteiger partial charge in [-0.1, -0.05) is 32.0 Å². The van der Waals surface area contributed by atoms with E-state index < -0.39 is 0 Å². The molecule has 0 atom stereocenters. The Kier molecular flexibility index (Phi) is 6.61. The molecule has 2 aromatic rings. The molecule has 1 aromatic carbocycles. The second-order valence-corrected chi connectivity index (χ2v) is 6.11. The number of anilines is 1. The number of hydrogen-bond donors (Lipinski definition) is 2.